The molecule has 110 valence electrons. The Morgan fingerprint density at radius 1 is 1.15 bits per heavy atom. The van der Waals surface area contributed by atoms with Crippen LogP contribution in [0.25, 0.3) is 0 Å². The summed E-state index contributed by atoms with van der Waals surface area (Å²) in [5.41, 5.74) is 0. The van der Waals surface area contributed by atoms with Gasteiger partial charge in [0.05, 0.1) is 6.54 Å². The fourth-order valence-corrected chi connectivity index (χ4v) is 3.26. The van der Waals surface area contributed by atoms with E-state index in [-0.39, 0.29) is 0 Å². The van der Waals surface area contributed by atoms with Crippen molar-refractivity contribution in [2.24, 2.45) is 5.92 Å². The molecule has 2 fully saturated rings. The van der Waals surface area contributed by atoms with Crippen LogP contribution in [-0.4, -0.2) is 58.2 Å². The van der Waals surface area contributed by atoms with Crippen molar-refractivity contribution in [3.05, 3.63) is 18.5 Å². The van der Waals surface area contributed by atoms with E-state index in [1.807, 2.05) is 28.0 Å². The van der Waals surface area contributed by atoms with E-state index in [1.54, 1.807) is 0 Å². The van der Waals surface area contributed by atoms with Gasteiger partial charge < -0.3 is 4.90 Å². The maximum Gasteiger partial charge on any atom is 0.236 e. The summed E-state index contributed by atoms with van der Waals surface area (Å²) >= 11 is 0. The molecule has 5 heteroatoms. The molecule has 0 atom stereocenters. The fourth-order valence-electron chi connectivity index (χ4n) is 3.26. The summed E-state index contributed by atoms with van der Waals surface area (Å²) in [7, 11) is 0. The van der Waals surface area contributed by atoms with Crippen molar-refractivity contribution in [3.8, 4) is 0 Å². The topological polar surface area (TPSA) is 41.4 Å². The third-order valence-corrected chi connectivity index (χ3v) is 4.53. The second-order valence-corrected chi connectivity index (χ2v) is 6.04. The van der Waals surface area contributed by atoms with Crippen LogP contribution < -0.4 is 0 Å². The second-order valence-electron chi connectivity index (χ2n) is 6.04. The largest absolute Gasteiger partial charge is 0.342 e. The first-order chi connectivity index (χ1) is 9.81. The van der Waals surface area contributed by atoms with Gasteiger partial charge in [0.15, 0.2) is 0 Å². The highest BCUT2D eigenvalue weighted by Gasteiger charge is 2.24. The second kappa shape index (κ2) is 6.39. The Bertz CT molecular complexity index is 417. The maximum atomic E-state index is 12.1. The Kier molecular flexibility index (Phi) is 4.35. The number of piperidine rings is 1. The van der Waals surface area contributed by atoms with E-state index >= 15 is 0 Å². The van der Waals surface area contributed by atoms with Crippen LogP contribution in [0.3, 0.4) is 0 Å². The van der Waals surface area contributed by atoms with E-state index in [0.29, 0.717) is 18.4 Å². The molecule has 0 unspecified atom stereocenters. The number of carbonyl (C=O) groups is 1. The van der Waals surface area contributed by atoms with Crippen molar-refractivity contribution in [3.63, 3.8) is 0 Å². The van der Waals surface area contributed by atoms with Gasteiger partial charge in [-0.3, -0.25) is 14.4 Å². The molecule has 2 aliphatic heterocycles. The van der Waals surface area contributed by atoms with Gasteiger partial charge in [-0.25, -0.2) is 0 Å². The van der Waals surface area contributed by atoms with Crippen molar-refractivity contribution in [2.45, 2.75) is 32.2 Å². The molecule has 2 aliphatic rings. The SMILES string of the molecule is O=C(CN1CCC(Cn2cccn2)CC1)N1CCCC1. The molecule has 3 rings (SSSR count). The number of carbonyl (C=O) groups excluding carboxylic acids is 1. The van der Waals surface area contributed by atoms with Crippen LogP contribution >= 0.6 is 0 Å². The first-order valence-electron chi connectivity index (χ1n) is 7.79. The molecule has 2 saturated heterocycles. The third-order valence-electron chi connectivity index (χ3n) is 4.53. The van der Waals surface area contributed by atoms with E-state index in [2.05, 4.69) is 10.00 Å². The predicted molar refractivity (Wildman–Crippen MR) is 77.2 cm³/mol. The molecular formula is C15H24N4O. The smallest absolute Gasteiger partial charge is 0.236 e. The zero-order valence-electron chi connectivity index (χ0n) is 12.1. The fraction of sp³-hybridized carbons (Fsp3) is 0.733. The van der Waals surface area contributed by atoms with Crippen LogP contribution in [0.2, 0.25) is 0 Å². The van der Waals surface area contributed by atoms with E-state index in [1.165, 1.54) is 25.7 Å². The highest BCUT2D eigenvalue weighted by Crippen LogP contribution is 2.19. The van der Waals surface area contributed by atoms with Gasteiger partial charge in [-0.15, -0.1) is 0 Å². The average molecular weight is 276 g/mol. The monoisotopic (exact) mass is 276 g/mol. The molecule has 1 amide bonds. The Hall–Kier alpha value is -1.36. The lowest BCUT2D eigenvalue weighted by atomic mass is 9.97. The molecule has 0 aliphatic carbocycles. The van der Waals surface area contributed by atoms with Gasteiger partial charge in [0.2, 0.25) is 5.91 Å². The van der Waals surface area contributed by atoms with Crippen molar-refractivity contribution < 1.29 is 4.79 Å². The van der Waals surface area contributed by atoms with Gasteiger partial charge in [-0.1, -0.05) is 0 Å². The number of aromatic nitrogens is 2. The standard InChI is InChI=1S/C15H24N4O/c20-15(18-7-1-2-8-18)13-17-10-4-14(5-11-17)12-19-9-3-6-16-19/h3,6,9,14H,1-2,4-5,7-8,10-13H2. The van der Waals surface area contributed by atoms with Gasteiger partial charge in [-0.05, 0) is 50.8 Å². The normalized spacial score (nSPS) is 21.5. The summed E-state index contributed by atoms with van der Waals surface area (Å²) in [6.07, 6.45) is 8.57. The van der Waals surface area contributed by atoms with Crippen LogP contribution in [0.4, 0.5) is 0 Å². The zero-order chi connectivity index (χ0) is 13.8. The highest BCUT2D eigenvalue weighted by atomic mass is 16.2. The van der Waals surface area contributed by atoms with Crippen LogP contribution in [0, 0.1) is 5.92 Å². The van der Waals surface area contributed by atoms with E-state index in [4.69, 9.17) is 0 Å². The summed E-state index contributed by atoms with van der Waals surface area (Å²) in [6, 6.07) is 1.98. The minimum absolute atomic E-state index is 0.327. The summed E-state index contributed by atoms with van der Waals surface area (Å²) in [5.74, 6) is 1.03. The zero-order valence-corrected chi connectivity index (χ0v) is 12.1. The lowest BCUT2D eigenvalue weighted by Crippen LogP contribution is -2.43. The van der Waals surface area contributed by atoms with E-state index in [0.717, 1.165) is 32.7 Å². The summed E-state index contributed by atoms with van der Waals surface area (Å²) in [5, 5.41) is 4.27. The molecule has 0 spiro atoms. The molecule has 1 aromatic rings. The number of rotatable bonds is 4. The third kappa shape index (κ3) is 3.39. The lowest BCUT2D eigenvalue weighted by molar-refractivity contribution is -0.131. The number of amides is 1. The van der Waals surface area contributed by atoms with E-state index in [9.17, 15) is 4.79 Å². The first-order valence-corrected chi connectivity index (χ1v) is 7.79. The van der Waals surface area contributed by atoms with E-state index < -0.39 is 0 Å². The summed E-state index contributed by atoms with van der Waals surface area (Å²) < 4.78 is 2.02. The Labute approximate surface area is 120 Å². The van der Waals surface area contributed by atoms with Crippen LogP contribution in [0.5, 0.6) is 0 Å². The average Bonchev–Trinajstić information content (AvgIpc) is 3.13. The predicted octanol–water partition coefficient (Wildman–Crippen LogP) is 1.22. The van der Waals surface area contributed by atoms with Gasteiger partial charge in [-0.2, -0.15) is 5.10 Å². The highest BCUT2D eigenvalue weighted by molar-refractivity contribution is 5.78. The van der Waals surface area contributed by atoms with Gasteiger partial charge in [0.25, 0.3) is 0 Å². The Morgan fingerprint density at radius 2 is 1.90 bits per heavy atom. The maximum absolute atomic E-state index is 12.1. The quantitative estimate of drug-likeness (QED) is 0.830. The van der Waals surface area contributed by atoms with Crippen molar-refractivity contribution in [1.82, 2.24) is 19.6 Å². The van der Waals surface area contributed by atoms with Gasteiger partial charge >= 0.3 is 0 Å². The van der Waals surface area contributed by atoms with Crippen molar-refractivity contribution in [2.75, 3.05) is 32.7 Å². The number of likely N-dealkylation sites (tertiary alicyclic amines) is 2. The molecule has 0 bridgehead atoms. The number of hydrogen-bond donors (Lipinski definition) is 0. The summed E-state index contributed by atoms with van der Waals surface area (Å²) in [4.78, 5) is 16.5. The summed E-state index contributed by atoms with van der Waals surface area (Å²) in [6.45, 7) is 5.66. The molecule has 5 nitrogen and oxygen atoms in total. The molecule has 1 aromatic heterocycles. The minimum atomic E-state index is 0.327. The molecule has 0 aromatic carbocycles. The Morgan fingerprint density at radius 3 is 2.55 bits per heavy atom. The molecule has 3 heterocycles. The van der Waals surface area contributed by atoms with Crippen LogP contribution in [-0.2, 0) is 11.3 Å². The molecule has 0 saturated carbocycles. The van der Waals surface area contributed by atoms with Crippen molar-refractivity contribution >= 4 is 5.91 Å². The first kappa shape index (κ1) is 13.6. The van der Waals surface area contributed by atoms with Crippen LogP contribution in [0.15, 0.2) is 18.5 Å². The number of nitrogens with zero attached hydrogens (tertiary/aromatic N) is 4. The van der Waals surface area contributed by atoms with Crippen LogP contribution in [0.1, 0.15) is 25.7 Å². The molecular weight excluding hydrogens is 252 g/mol. The van der Waals surface area contributed by atoms with Gasteiger partial charge in [0.1, 0.15) is 0 Å². The Balaban J connectivity index is 1.40. The molecule has 20 heavy (non-hydrogen) atoms. The van der Waals surface area contributed by atoms with Crippen molar-refractivity contribution in [1.29, 1.82) is 0 Å². The number of hydrogen-bond acceptors (Lipinski definition) is 3. The lowest BCUT2D eigenvalue weighted by Gasteiger charge is -2.32. The van der Waals surface area contributed by atoms with Gasteiger partial charge in [0, 0.05) is 32.0 Å². The molecule has 0 radical (unpaired) electrons. The molecule has 0 N–H and O–H groups in total. The minimum Gasteiger partial charge on any atom is -0.342 e.